The summed E-state index contributed by atoms with van der Waals surface area (Å²) in [4.78, 5) is 14.1. The van der Waals surface area contributed by atoms with Crippen LogP contribution in [0.1, 0.15) is 27.7 Å². The van der Waals surface area contributed by atoms with Crippen molar-refractivity contribution >= 4 is 33.6 Å². The van der Waals surface area contributed by atoms with E-state index < -0.39 is 0 Å². The van der Waals surface area contributed by atoms with E-state index in [1.54, 1.807) is 0 Å². The molecule has 0 saturated carbocycles. The van der Waals surface area contributed by atoms with Gasteiger partial charge in [-0.05, 0) is 19.8 Å². The number of halogens is 1. The molecule has 0 radical (unpaired) electrons. The molecule has 0 spiro atoms. The molecule has 0 N–H and O–H groups in total. The maximum absolute atomic E-state index is 12.1. The monoisotopic (exact) mass is 293 g/mol. The van der Waals surface area contributed by atoms with Crippen molar-refractivity contribution in [2.75, 3.05) is 18.8 Å². The minimum absolute atomic E-state index is 0.0311. The van der Waals surface area contributed by atoms with Crippen LogP contribution in [-0.2, 0) is 4.79 Å². The summed E-state index contributed by atoms with van der Waals surface area (Å²) >= 11 is 5.44. The highest BCUT2D eigenvalue weighted by Crippen LogP contribution is 2.30. The Bertz CT molecular complexity index is 243. The van der Waals surface area contributed by atoms with Gasteiger partial charge in [-0.2, -0.15) is 11.8 Å². The second kappa shape index (κ2) is 5.09. The summed E-state index contributed by atoms with van der Waals surface area (Å²) in [5.74, 6) is 1.66. The van der Waals surface area contributed by atoms with Gasteiger partial charge >= 0.3 is 0 Å². The van der Waals surface area contributed by atoms with Crippen LogP contribution in [0.25, 0.3) is 0 Å². The summed E-state index contributed by atoms with van der Waals surface area (Å²) in [6, 6.07) is 0. The number of alkyl halides is 1. The van der Waals surface area contributed by atoms with Crippen LogP contribution >= 0.6 is 27.7 Å². The third-order valence-electron chi connectivity index (χ3n) is 2.56. The van der Waals surface area contributed by atoms with Crippen LogP contribution in [0, 0.1) is 5.92 Å². The largest absolute Gasteiger partial charge is 0.340 e. The van der Waals surface area contributed by atoms with Crippen LogP contribution in [0.15, 0.2) is 0 Å². The number of hydrogen-bond donors (Lipinski definition) is 0. The Morgan fingerprint density at radius 1 is 1.47 bits per heavy atom. The predicted molar refractivity (Wildman–Crippen MR) is 70.7 cm³/mol. The minimum atomic E-state index is -0.0311. The smallest absolute Gasteiger partial charge is 0.236 e. The molecule has 0 aromatic heterocycles. The Balaban J connectivity index is 2.60. The van der Waals surface area contributed by atoms with E-state index in [1.807, 2.05) is 16.7 Å². The van der Waals surface area contributed by atoms with Crippen molar-refractivity contribution in [1.82, 2.24) is 4.90 Å². The molecule has 4 heteroatoms. The summed E-state index contributed by atoms with van der Waals surface area (Å²) in [6.45, 7) is 10.3. The molecule has 1 unspecified atom stereocenters. The standard InChI is InChI=1S/C11H20BrNOS/c1-8(2)9(12)10(14)13-5-6-15-11(3,4)7-13/h8-9H,5-7H2,1-4H3. The molecule has 1 heterocycles. The molecule has 88 valence electrons. The molecule has 1 saturated heterocycles. The van der Waals surface area contributed by atoms with E-state index in [-0.39, 0.29) is 15.5 Å². The quantitative estimate of drug-likeness (QED) is 0.730. The van der Waals surface area contributed by atoms with Crippen molar-refractivity contribution in [1.29, 1.82) is 0 Å². The average molecular weight is 294 g/mol. The van der Waals surface area contributed by atoms with E-state index in [0.29, 0.717) is 5.92 Å². The fourth-order valence-electron chi connectivity index (χ4n) is 1.66. The fraction of sp³-hybridized carbons (Fsp3) is 0.909. The van der Waals surface area contributed by atoms with Crippen LogP contribution < -0.4 is 0 Å². The van der Waals surface area contributed by atoms with E-state index in [9.17, 15) is 4.79 Å². The van der Waals surface area contributed by atoms with Crippen LogP contribution in [0.3, 0.4) is 0 Å². The molecule has 0 bridgehead atoms. The van der Waals surface area contributed by atoms with Crippen molar-refractivity contribution in [2.45, 2.75) is 37.3 Å². The first-order chi connectivity index (χ1) is 6.83. The number of amides is 1. The molecule has 1 fully saturated rings. The lowest BCUT2D eigenvalue weighted by Crippen LogP contribution is -2.49. The zero-order valence-electron chi connectivity index (χ0n) is 9.92. The first kappa shape index (κ1) is 13.4. The number of thioether (sulfide) groups is 1. The van der Waals surface area contributed by atoms with Gasteiger partial charge in [-0.25, -0.2) is 0 Å². The Morgan fingerprint density at radius 3 is 2.53 bits per heavy atom. The van der Waals surface area contributed by atoms with Crippen molar-refractivity contribution < 1.29 is 4.79 Å². The molecule has 1 atom stereocenters. The van der Waals surface area contributed by atoms with Crippen LogP contribution in [0.4, 0.5) is 0 Å². The molecule has 1 amide bonds. The first-order valence-corrected chi connectivity index (χ1v) is 7.30. The van der Waals surface area contributed by atoms with Crippen molar-refractivity contribution in [3.05, 3.63) is 0 Å². The van der Waals surface area contributed by atoms with Gasteiger partial charge in [0, 0.05) is 23.6 Å². The maximum Gasteiger partial charge on any atom is 0.236 e. The third-order valence-corrected chi connectivity index (χ3v) is 5.30. The van der Waals surface area contributed by atoms with Crippen LogP contribution in [0.2, 0.25) is 0 Å². The SMILES string of the molecule is CC(C)C(Br)C(=O)N1CCSC(C)(C)C1. The predicted octanol–water partition coefficient (Wildman–Crippen LogP) is 2.76. The van der Waals surface area contributed by atoms with Crippen molar-refractivity contribution in [3.8, 4) is 0 Å². The minimum Gasteiger partial charge on any atom is -0.340 e. The van der Waals surface area contributed by atoms with Crippen molar-refractivity contribution in [3.63, 3.8) is 0 Å². The van der Waals surface area contributed by atoms with E-state index in [4.69, 9.17) is 0 Å². The summed E-state index contributed by atoms with van der Waals surface area (Å²) < 4.78 is 0.206. The van der Waals surface area contributed by atoms with Gasteiger partial charge in [0.15, 0.2) is 0 Å². The number of carbonyl (C=O) groups is 1. The summed E-state index contributed by atoms with van der Waals surface area (Å²) in [7, 11) is 0. The van der Waals surface area contributed by atoms with Crippen LogP contribution in [-0.4, -0.2) is 39.2 Å². The normalized spacial score (nSPS) is 22.9. The third kappa shape index (κ3) is 3.66. The Labute approximate surface area is 105 Å². The highest BCUT2D eigenvalue weighted by molar-refractivity contribution is 9.10. The van der Waals surface area contributed by atoms with Gasteiger partial charge in [0.2, 0.25) is 5.91 Å². The Morgan fingerprint density at radius 2 is 2.07 bits per heavy atom. The van der Waals surface area contributed by atoms with E-state index >= 15 is 0 Å². The van der Waals surface area contributed by atoms with E-state index in [2.05, 4.69) is 43.6 Å². The highest BCUT2D eigenvalue weighted by Gasteiger charge is 2.32. The molecule has 1 aliphatic heterocycles. The van der Waals surface area contributed by atoms with Gasteiger partial charge in [-0.3, -0.25) is 4.79 Å². The summed E-state index contributed by atoms with van der Waals surface area (Å²) in [5, 5.41) is 0. The average Bonchev–Trinajstić information content (AvgIpc) is 2.13. The molecule has 2 nitrogen and oxygen atoms in total. The Kier molecular flexibility index (Phi) is 4.53. The Hall–Kier alpha value is 0.300. The molecule has 0 aliphatic carbocycles. The van der Waals surface area contributed by atoms with Gasteiger partial charge in [-0.15, -0.1) is 0 Å². The van der Waals surface area contributed by atoms with Gasteiger partial charge in [0.25, 0.3) is 0 Å². The molecule has 1 aliphatic rings. The maximum atomic E-state index is 12.1. The second-order valence-corrected chi connectivity index (χ2v) is 7.80. The zero-order valence-corrected chi connectivity index (χ0v) is 12.3. The highest BCUT2D eigenvalue weighted by atomic mass is 79.9. The lowest BCUT2D eigenvalue weighted by atomic mass is 10.1. The molecule has 15 heavy (non-hydrogen) atoms. The van der Waals surface area contributed by atoms with Gasteiger partial charge < -0.3 is 4.90 Å². The number of rotatable bonds is 2. The fourth-order valence-corrected chi connectivity index (χ4v) is 3.07. The molecule has 0 aromatic carbocycles. The lowest BCUT2D eigenvalue weighted by molar-refractivity contribution is -0.131. The molecule has 1 rings (SSSR count). The number of nitrogens with zero attached hydrogens (tertiary/aromatic N) is 1. The number of carbonyl (C=O) groups excluding carboxylic acids is 1. The molecular formula is C11H20BrNOS. The number of hydrogen-bond acceptors (Lipinski definition) is 2. The van der Waals surface area contributed by atoms with E-state index in [0.717, 1.165) is 18.8 Å². The van der Waals surface area contributed by atoms with Crippen molar-refractivity contribution in [2.24, 2.45) is 5.92 Å². The first-order valence-electron chi connectivity index (χ1n) is 5.40. The van der Waals surface area contributed by atoms with Gasteiger partial charge in [0.05, 0.1) is 4.83 Å². The van der Waals surface area contributed by atoms with Gasteiger partial charge in [-0.1, -0.05) is 29.8 Å². The van der Waals surface area contributed by atoms with Gasteiger partial charge in [0.1, 0.15) is 0 Å². The summed E-state index contributed by atoms with van der Waals surface area (Å²) in [5.41, 5.74) is 0. The topological polar surface area (TPSA) is 20.3 Å². The molecule has 0 aromatic rings. The summed E-state index contributed by atoms with van der Waals surface area (Å²) in [6.07, 6.45) is 0. The second-order valence-electron chi connectivity index (χ2n) is 5.01. The van der Waals surface area contributed by atoms with E-state index in [1.165, 1.54) is 0 Å². The van der Waals surface area contributed by atoms with Crippen LogP contribution in [0.5, 0.6) is 0 Å². The zero-order chi connectivity index (χ0) is 11.6. The lowest BCUT2D eigenvalue weighted by Gasteiger charge is -2.38. The molecular weight excluding hydrogens is 274 g/mol.